The summed E-state index contributed by atoms with van der Waals surface area (Å²) in [6.45, 7) is 2.45. The molecule has 30 heavy (non-hydrogen) atoms. The third-order valence-corrected chi connectivity index (χ3v) is 6.30. The summed E-state index contributed by atoms with van der Waals surface area (Å²) in [4.78, 5) is 30.5. The second-order valence-electron chi connectivity index (χ2n) is 8.93. The van der Waals surface area contributed by atoms with Crippen LogP contribution in [0.1, 0.15) is 53.7 Å². The minimum absolute atomic E-state index is 0.0413. The molecule has 1 N–H and O–H groups in total. The average molecular weight is 409 g/mol. The van der Waals surface area contributed by atoms with Gasteiger partial charge < -0.3 is 14.8 Å². The van der Waals surface area contributed by atoms with Crippen LogP contribution in [0.15, 0.2) is 36.8 Å². The van der Waals surface area contributed by atoms with Crippen LogP contribution >= 0.6 is 0 Å². The van der Waals surface area contributed by atoms with Crippen molar-refractivity contribution in [2.24, 2.45) is 18.9 Å². The lowest BCUT2D eigenvalue weighted by atomic mass is 9.89. The summed E-state index contributed by atoms with van der Waals surface area (Å²) < 4.78 is 1.81. The number of likely N-dealkylation sites (tertiary alicyclic amines) is 1. The summed E-state index contributed by atoms with van der Waals surface area (Å²) in [6.07, 6.45) is 10.5. The molecule has 1 aromatic carbocycles. The second-order valence-corrected chi connectivity index (χ2v) is 8.93. The number of carbonyl (C=O) groups is 2. The molecular weight excluding hydrogens is 376 g/mol. The van der Waals surface area contributed by atoms with Crippen molar-refractivity contribution in [2.75, 3.05) is 19.6 Å². The summed E-state index contributed by atoms with van der Waals surface area (Å²) in [5.74, 6) is 1.54. The molecule has 160 valence electrons. The van der Waals surface area contributed by atoms with Crippen LogP contribution in [0.4, 0.5) is 0 Å². The highest BCUT2D eigenvalue weighted by molar-refractivity contribution is 5.92. The van der Waals surface area contributed by atoms with Gasteiger partial charge in [-0.25, -0.2) is 4.98 Å². The van der Waals surface area contributed by atoms with Gasteiger partial charge in [-0.3, -0.25) is 9.59 Å². The molecule has 1 saturated heterocycles. The number of rotatable bonds is 8. The molecule has 1 aliphatic carbocycles. The van der Waals surface area contributed by atoms with Gasteiger partial charge in [-0.2, -0.15) is 0 Å². The number of nitrogens with one attached hydrogen (secondary N) is 1. The third kappa shape index (κ3) is 5.71. The van der Waals surface area contributed by atoms with E-state index in [0.717, 1.165) is 51.2 Å². The number of amides is 2. The molecule has 1 aromatic heterocycles. The molecule has 2 amide bonds. The fourth-order valence-corrected chi connectivity index (χ4v) is 4.13. The maximum absolute atomic E-state index is 12.5. The predicted octanol–water partition coefficient (Wildman–Crippen LogP) is 2.97. The molecule has 2 aromatic rings. The van der Waals surface area contributed by atoms with E-state index < -0.39 is 0 Å². The Labute approximate surface area is 178 Å². The Hall–Kier alpha value is -2.63. The largest absolute Gasteiger partial charge is 0.356 e. The molecule has 1 aliphatic heterocycles. The van der Waals surface area contributed by atoms with Gasteiger partial charge >= 0.3 is 0 Å². The lowest BCUT2D eigenvalue weighted by molar-refractivity contribution is -0.121. The number of carbonyl (C=O) groups excluding carboxylic acids is 2. The number of piperidine rings is 1. The molecule has 6 nitrogen and oxygen atoms in total. The second kappa shape index (κ2) is 9.45. The molecule has 0 radical (unpaired) electrons. The lowest BCUT2D eigenvalue weighted by Crippen LogP contribution is -2.39. The van der Waals surface area contributed by atoms with Gasteiger partial charge in [0.1, 0.15) is 5.69 Å². The van der Waals surface area contributed by atoms with Crippen molar-refractivity contribution in [2.45, 2.75) is 44.9 Å². The van der Waals surface area contributed by atoms with E-state index in [2.05, 4.69) is 34.6 Å². The fraction of sp³-hybridized carbons (Fsp3) is 0.542. The molecule has 2 aliphatic rings. The first kappa shape index (κ1) is 20.6. The maximum atomic E-state index is 12.5. The number of aromatic nitrogens is 2. The van der Waals surface area contributed by atoms with Crippen LogP contribution in [0, 0.1) is 11.8 Å². The molecule has 0 unspecified atom stereocenters. The summed E-state index contributed by atoms with van der Waals surface area (Å²) in [5, 5.41) is 3.03. The van der Waals surface area contributed by atoms with E-state index in [0.29, 0.717) is 18.0 Å². The minimum atomic E-state index is 0.0413. The van der Waals surface area contributed by atoms with Crippen molar-refractivity contribution in [1.29, 1.82) is 0 Å². The lowest BCUT2D eigenvalue weighted by Gasteiger charge is -2.31. The van der Waals surface area contributed by atoms with Gasteiger partial charge in [-0.1, -0.05) is 24.3 Å². The third-order valence-electron chi connectivity index (χ3n) is 6.30. The topological polar surface area (TPSA) is 67.2 Å². The Morgan fingerprint density at radius 1 is 1.03 bits per heavy atom. The molecule has 4 rings (SSSR count). The molecule has 2 heterocycles. The van der Waals surface area contributed by atoms with Crippen LogP contribution < -0.4 is 5.32 Å². The zero-order valence-electron chi connectivity index (χ0n) is 17.8. The predicted molar refractivity (Wildman–Crippen MR) is 116 cm³/mol. The van der Waals surface area contributed by atoms with Crippen molar-refractivity contribution < 1.29 is 9.59 Å². The highest BCUT2D eigenvalue weighted by Crippen LogP contribution is 2.27. The van der Waals surface area contributed by atoms with E-state index >= 15 is 0 Å². The molecule has 2 fully saturated rings. The van der Waals surface area contributed by atoms with Gasteiger partial charge in [-0.05, 0) is 61.5 Å². The first-order chi connectivity index (χ1) is 14.6. The number of hydrogen-bond donors (Lipinski definition) is 1. The molecular formula is C24H32N4O2. The molecule has 6 heteroatoms. The standard InChI is InChI=1S/C24H32N4O2/c1-27-16-22(26-17-27)24(30)28-12-10-20(11-13-28)14-19-4-2-18(3-5-19)8-9-23(29)25-15-21-6-7-21/h2-5,16-17,20-21H,6-15H2,1H3,(H,25,29). The normalized spacial score (nSPS) is 17.2. The van der Waals surface area contributed by atoms with Crippen molar-refractivity contribution in [1.82, 2.24) is 19.8 Å². The number of aryl methyl sites for hydroxylation is 2. The zero-order valence-corrected chi connectivity index (χ0v) is 17.8. The van der Waals surface area contributed by atoms with Gasteiger partial charge in [0.2, 0.25) is 5.91 Å². The van der Waals surface area contributed by atoms with Crippen LogP contribution in [0.5, 0.6) is 0 Å². The zero-order chi connectivity index (χ0) is 20.9. The number of imidazole rings is 1. The monoisotopic (exact) mass is 408 g/mol. The Bertz CT molecular complexity index is 862. The SMILES string of the molecule is Cn1cnc(C(=O)N2CCC(Cc3ccc(CCC(=O)NCC4CC4)cc3)CC2)c1. The van der Waals surface area contributed by atoms with Crippen LogP contribution in [-0.4, -0.2) is 45.9 Å². The Kier molecular flexibility index (Phi) is 6.50. The molecule has 0 atom stereocenters. The molecule has 0 spiro atoms. The van der Waals surface area contributed by atoms with Crippen LogP contribution in [0.25, 0.3) is 0 Å². The Morgan fingerprint density at radius 3 is 2.37 bits per heavy atom. The van der Waals surface area contributed by atoms with Crippen LogP contribution in [0.3, 0.4) is 0 Å². The van der Waals surface area contributed by atoms with Crippen molar-refractivity contribution in [3.05, 3.63) is 53.6 Å². The smallest absolute Gasteiger partial charge is 0.274 e. The number of hydrogen-bond acceptors (Lipinski definition) is 3. The summed E-state index contributed by atoms with van der Waals surface area (Å²) >= 11 is 0. The first-order valence-electron chi connectivity index (χ1n) is 11.2. The number of nitrogens with zero attached hydrogens (tertiary/aromatic N) is 3. The van der Waals surface area contributed by atoms with Gasteiger partial charge in [-0.15, -0.1) is 0 Å². The van der Waals surface area contributed by atoms with Gasteiger partial charge in [0.05, 0.1) is 6.33 Å². The summed E-state index contributed by atoms with van der Waals surface area (Å²) in [5.41, 5.74) is 3.09. The first-order valence-corrected chi connectivity index (χ1v) is 11.2. The van der Waals surface area contributed by atoms with E-state index in [1.807, 2.05) is 16.5 Å². The Balaban J connectivity index is 1.18. The number of benzene rings is 1. The van der Waals surface area contributed by atoms with E-state index in [-0.39, 0.29) is 11.8 Å². The van der Waals surface area contributed by atoms with Gasteiger partial charge in [0.25, 0.3) is 5.91 Å². The van der Waals surface area contributed by atoms with Crippen LogP contribution in [-0.2, 0) is 24.7 Å². The fourth-order valence-electron chi connectivity index (χ4n) is 4.13. The molecule has 1 saturated carbocycles. The highest BCUT2D eigenvalue weighted by Gasteiger charge is 2.25. The summed E-state index contributed by atoms with van der Waals surface area (Å²) in [6, 6.07) is 8.71. The molecule has 0 bridgehead atoms. The summed E-state index contributed by atoms with van der Waals surface area (Å²) in [7, 11) is 1.88. The van der Waals surface area contributed by atoms with E-state index in [4.69, 9.17) is 0 Å². The Morgan fingerprint density at radius 2 is 1.73 bits per heavy atom. The van der Waals surface area contributed by atoms with E-state index in [1.165, 1.54) is 24.0 Å². The average Bonchev–Trinajstić information content (AvgIpc) is 3.50. The van der Waals surface area contributed by atoms with E-state index in [9.17, 15) is 9.59 Å². The minimum Gasteiger partial charge on any atom is -0.356 e. The van der Waals surface area contributed by atoms with Gasteiger partial charge in [0.15, 0.2) is 0 Å². The van der Waals surface area contributed by atoms with E-state index in [1.54, 1.807) is 12.5 Å². The van der Waals surface area contributed by atoms with Crippen molar-refractivity contribution in [3.8, 4) is 0 Å². The van der Waals surface area contributed by atoms with Crippen molar-refractivity contribution in [3.63, 3.8) is 0 Å². The van der Waals surface area contributed by atoms with Gasteiger partial charge in [0, 0.05) is 39.3 Å². The van der Waals surface area contributed by atoms with Crippen LogP contribution in [0.2, 0.25) is 0 Å². The highest BCUT2D eigenvalue weighted by atomic mass is 16.2. The quantitative estimate of drug-likeness (QED) is 0.730. The maximum Gasteiger partial charge on any atom is 0.274 e. The van der Waals surface area contributed by atoms with Crippen molar-refractivity contribution >= 4 is 11.8 Å².